The number of hydrogen-bond acceptors (Lipinski definition) is 4. The van der Waals surface area contributed by atoms with Crippen LogP contribution in [0.25, 0.3) is 0 Å². The van der Waals surface area contributed by atoms with E-state index in [0.717, 1.165) is 12.1 Å². The molecular formula is C12H16FNO5S. The minimum atomic E-state index is -3.88. The molecule has 0 heterocycles. The topological polar surface area (TPSA) is 104 Å². The van der Waals surface area contributed by atoms with Crippen LogP contribution in [0.4, 0.5) is 4.39 Å². The van der Waals surface area contributed by atoms with Crippen LogP contribution in [-0.2, 0) is 14.8 Å². The van der Waals surface area contributed by atoms with Crippen molar-refractivity contribution in [3.63, 3.8) is 0 Å². The third kappa shape index (κ3) is 3.99. The second-order valence-corrected chi connectivity index (χ2v) is 6.11. The van der Waals surface area contributed by atoms with Crippen LogP contribution >= 0.6 is 0 Å². The Bertz CT molecular complexity index is 591. The molecular weight excluding hydrogens is 289 g/mol. The van der Waals surface area contributed by atoms with E-state index < -0.39 is 27.9 Å². The summed E-state index contributed by atoms with van der Waals surface area (Å²) in [5.74, 6) is -1.95. The number of aryl methyl sites for hydroxylation is 2. The summed E-state index contributed by atoms with van der Waals surface area (Å²) in [6.07, 6.45) is -1.89. The number of nitrogens with one attached hydrogen (secondary N) is 1. The van der Waals surface area contributed by atoms with Gasteiger partial charge in [0.15, 0.2) is 6.10 Å². The zero-order valence-electron chi connectivity index (χ0n) is 11.1. The highest BCUT2D eigenvalue weighted by molar-refractivity contribution is 7.89. The summed E-state index contributed by atoms with van der Waals surface area (Å²) in [6, 6.07) is 2.21. The van der Waals surface area contributed by atoms with Gasteiger partial charge in [0, 0.05) is 6.54 Å². The van der Waals surface area contributed by atoms with E-state index in [9.17, 15) is 17.6 Å². The van der Waals surface area contributed by atoms with Crippen molar-refractivity contribution >= 4 is 16.0 Å². The maximum absolute atomic E-state index is 13.1. The number of aliphatic hydroxyl groups excluding tert-OH is 1. The number of rotatable bonds is 6. The van der Waals surface area contributed by atoms with Gasteiger partial charge >= 0.3 is 5.97 Å². The second-order valence-electron chi connectivity index (χ2n) is 4.41. The highest BCUT2D eigenvalue weighted by Gasteiger charge is 2.21. The molecule has 20 heavy (non-hydrogen) atoms. The molecule has 0 saturated heterocycles. The Balaban J connectivity index is 2.88. The fraction of sp³-hybridized carbons (Fsp3) is 0.417. The van der Waals surface area contributed by atoms with Crippen LogP contribution in [0.3, 0.4) is 0 Å². The van der Waals surface area contributed by atoms with Crippen LogP contribution in [0.2, 0.25) is 0 Å². The predicted octanol–water partition coefficient (Wildman–Crippen LogP) is 0.556. The lowest BCUT2D eigenvalue weighted by Crippen LogP contribution is -2.30. The van der Waals surface area contributed by atoms with Gasteiger partial charge in [-0.25, -0.2) is 22.3 Å². The zero-order chi connectivity index (χ0) is 15.5. The van der Waals surface area contributed by atoms with Crippen LogP contribution in [0.1, 0.15) is 17.5 Å². The Morgan fingerprint density at radius 1 is 1.35 bits per heavy atom. The van der Waals surface area contributed by atoms with Crippen molar-refractivity contribution in [1.29, 1.82) is 0 Å². The van der Waals surface area contributed by atoms with Gasteiger partial charge in [-0.1, -0.05) is 0 Å². The predicted molar refractivity (Wildman–Crippen MR) is 69.3 cm³/mol. The van der Waals surface area contributed by atoms with Gasteiger partial charge in [-0.2, -0.15) is 0 Å². The van der Waals surface area contributed by atoms with Crippen molar-refractivity contribution in [1.82, 2.24) is 4.72 Å². The normalized spacial score (nSPS) is 13.2. The van der Waals surface area contributed by atoms with Crippen LogP contribution in [0.5, 0.6) is 0 Å². The Kier molecular flexibility index (Phi) is 5.21. The largest absolute Gasteiger partial charge is 0.479 e. The average molecular weight is 305 g/mol. The quantitative estimate of drug-likeness (QED) is 0.712. The molecule has 0 radical (unpaired) electrons. The SMILES string of the molecule is Cc1cc(F)cc(C)c1S(=O)(=O)NCC[C@H](O)C(=O)O. The van der Waals surface area contributed by atoms with E-state index in [2.05, 4.69) is 4.72 Å². The molecule has 0 amide bonds. The molecule has 3 N–H and O–H groups in total. The molecule has 1 atom stereocenters. The summed E-state index contributed by atoms with van der Waals surface area (Å²) < 4.78 is 39.5. The first-order chi connectivity index (χ1) is 9.15. The molecule has 0 aliphatic heterocycles. The molecule has 112 valence electrons. The van der Waals surface area contributed by atoms with Crippen LogP contribution in [-0.4, -0.2) is 37.2 Å². The van der Waals surface area contributed by atoms with Crippen molar-refractivity contribution in [3.8, 4) is 0 Å². The highest BCUT2D eigenvalue weighted by Crippen LogP contribution is 2.21. The molecule has 6 nitrogen and oxygen atoms in total. The Morgan fingerprint density at radius 2 is 1.85 bits per heavy atom. The Hall–Kier alpha value is -1.51. The van der Waals surface area contributed by atoms with Gasteiger partial charge in [-0.05, 0) is 43.5 Å². The molecule has 0 bridgehead atoms. The maximum Gasteiger partial charge on any atom is 0.332 e. The summed E-state index contributed by atoms with van der Waals surface area (Å²) >= 11 is 0. The first kappa shape index (κ1) is 16.5. The molecule has 0 unspecified atom stereocenters. The summed E-state index contributed by atoms with van der Waals surface area (Å²) in [5, 5.41) is 17.5. The Labute approximate surface area is 116 Å². The van der Waals surface area contributed by atoms with E-state index in [1.165, 1.54) is 13.8 Å². The van der Waals surface area contributed by atoms with Crippen molar-refractivity contribution in [2.24, 2.45) is 0 Å². The number of carboxylic acid groups (broad SMARTS) is 1. The second kappa shape index (κ2) is 6.29. The van der Waals surface area contributed by atoms with Gasteiger partial charge in [0.2, 0.25) is 10.0 Å². The maximum atomic E-state index is 13.1. The van der Waals surface area contributed by atoms with Gasteiger partial charge in [0.1, 0.15) is 5.82 Å². The molecule has 0 saturated carbocycles. The third-order valence-corrected chi connectivity index (χ3v) is 4.45. The number of carboxylic acids is 1. The number of aliphatic carboxylic acids is 1. The van der Waals surface area contributed by atoms with E-state index in [1.54, 1.807) is 0 Å². The summed E-state index contributed by atoms with van der Waals surface area (Å²) in [7, 11) is -3.88. The van der Waals surface area contributed by atoms with Gasteiger partial charge in [0.05, 0.1) is 4.90 Å². The lowest BCUT2D eigenvalue weighted by atomic mass is 10.1. The van der Waals surface area contributed by atoms with Gasteiger partial charge < -0.3 is 10.2 Å². The van der Waals surface area contributed by atoms with Gasteiger partial charge in [-0.15, -0.1) is 0 Å². The standard InChI is InChI=1S/C12H16FNO5S/c1-7-5-9(13)6-8(2)11(7)20(18,19)14-4-3-10(15)12(16)17/h5-6,10,14-15H,3-4H2,1-2H3,(H,16,17)/t10-/m0/s1. The van der Waals surface area contributed by atoms with Crippen molar-refractivity contribution in [2.45, 2.75) is 31.3 Å². The van der Waals surface area contributed by atoms with Crippen molar-refractivity contribution in [3.05, 3.63) is 29.1 Å². The van der Waals surface area contributed by atoms with E-state index in [-0.39, 0.29) is 29.0 Å². The fourth-order valence-electron chi connectivity index (χ4n) is 1.85. The molecule has 0 aliphatic rings. The Morgan fingerprint density at radius 3 is 2.30 bits per heavy atom. The molecule has 0 fully saturated rings. The lowest BCUT2D eigenvalue weighted by molar-refractivity contribution is -0.146. The molecule has 0 aromatic heterocycles. The van der Waals surface area contributed by atoms with E-state index >= 15 is 0 Å². The number of halogens is 1. The summed E-state index contributed by atoms with van der Waals surface area (Å²) in [4.78, 5) is 10.4. The number of benzene rings is 1. The number of aliphatic hydroxyl groups is 1. The molecule has 1 aromatic carbocycles. The van der Waals surface area contributed by atoms with Crippen molar-refractivity contribution in [2.75, 3.05) is 6.54 Å². The number of carbonyl (C=O) groups is 1. The summed E-state index contributed by atoms with van der Waals surface area (Å²) in [6.45, 7) is 2.71. The lowest BCUT2D eigenvalue weighted by Gasteiger charge is -2.13. The van der Waals surface area contributed by atoms with Gasteiger partial charge in [-0.3, -0.25) is 0 Å². The highest BCUT2D eigenvalue weighted by atomic mass is 32.2. The van der Waals surface area contributed by atoms with Crippen LogP contribution < -0.4 is 4.72 Å². The number of sulfonamides is 1. The number of hydrogen-bond donors (Lipinski definition) is 3. The first-order valence-electron chi connectivity index (χ1n) is 5.82. The average Bonchev–Trinajstić information content (AvgIpc) is 2.26. The summed E-state index contributed by atoms with van der Waals surface area (Å²) in [5.41, 5.74) is 0.516. The molecule has 1 aromatic rings. The van der Waals surface area contributed by atoms with Crippen molar-refractivity contribution < 1.29 is 27.8 Å². The monoisotopic (exact) mass is 305 g/mol. The van der Waals surface area contributed by atoms with Crippen LogP contribution in [0.15, 0.2) is 17.0 Å². The molecule has 0 aliphatic carbocycles. The molecule has 8 heteroatoms. The van der Waals surface area contributed by atoms with E-state index in [4.69, 9.17) is 10.2 Å². The van der Waals surface area contributed by atoms with Crippen LogP contribution in [0, 0.1) is 19.7 Å². The molecule has 0 spiro atoms. The molecule has 1 rings (SSSR count). The smallest absolute Gasteiger partial charge is 0.332 e. The third-order valence-electron chi connectivity index (χ3n) is 2.69. The van der Waals surface area contributed by atoms with E-state index in [1.807, 2.05) is 0 Å². The first-order valence-corrected chi connectivity index (χ1v) is 7.30. The fourth-order valence-corrected chi connectivity index (χ4v) is 3.34. The minimum absolute atomic E-state index is 0.0382. The zero-order valence-corrected chi connectivity index (χ0v) is 11.9. The minimum Gasteiger partial charge on any atom is -0.479 e. The van der Waals surface area contributed by atoms with Gasteiger partial charge in [0.25, 0.3) is 0 Å². The van der Waals surface area contributed by atoms with E-state index in [0.29, 0.717) is 0 Å².